The van der Waals surface area contributed by atoms with Gasteiger partial charge in [-0.2, -0.15) is 0 Å². The molecule has 0 aromatic carbocycles. The van der Waals surface area contributed by atoms with Crippen LogP contribution in [0.3, 0.4) is 0 Å². The van der Waals surface area contributed by atoms with E-state index in [0.29, 0.717) is 19.4 Å². The number of carbonyl (C=O) groups is 2. The maximum Gasteiger partial charge on any atom is 0.410 e. The van der Waals surface area contributed by atoms with Crippen LogP contribution < -0.4 is 0 Å². The van der Waals surface area contributed by atoms with E-state index < -0.39 is 32.9 Å². The molecular weight excluding hydrogens is 334 g/mol. The maximum absolute atomic E-state index is 12.4. The number of esters is 1. The lowest BCUT2D eigenvalue weighted by atomic mass is 9.73. The van der Waals surface area contributed by atoms with Crippen molar-refractivity contribution in [3.05, 3.63) is 0 Å². The third-order valence-electron chi connectivity index (χ3n) is 4.69. The molecule has 0 radical (unpaired) electrons. The fraction of sp³-hybridized carbons (Fsp3) is 0.875. The Bertz CT molecular complexity index is 593. The van der Waals surface area contributed by atoms with Crippen molar-refractivity contribution in [1.29, 1.82) is 0 Å². The van der Waals surface area contributed by atoms with Crippen molar-refractivity contribution in [2.45, 2.75) is 46.1 Å². The van der Waals surface area contributed by atoms with E-state index in [0.717, 1.165) is 0 Å². The summed E-state index contributed by atoms with van der Waals surface area (Å²) in [4.78, 5) is 26.3. The number of ether oxygens (including phenoxy) is 2. The monoisotopic (exact) mass is 361 g/mol. The molecule has 0 saturated carbocycles. The van der Waals surface area contributed by atoms with Crippen LogP contribution in [0.5, 0.6) is 0 Å². The highest BCUT2D eigenvalue weighted by Crippen LogP contribution is 2.46. The van der Waals surface area contributed by atoms with Crippen molar-refractivity contribution < 1.29 is 27.5 Å². The highest BCUT2D eigenvalue weighted by molar-refractivity contribution is 7.91. The van der Waals surface area contributed by atoms with Crippen LogP contribution in [0.2, 0.25) is 0 Å². The third kappa shape index (κ3) is 4.20. The first-order chi connectivity index (χ1) is 11.0. The summed E-state index contributed by atoms with van der Waals surface area (Å²) in [5.41, 5.74) is -1.16. The number of hydrogen-bond donors (Lipinski definition) is 0. The molecule has 1 spiro atoms. The minimum Gasteiger partial charge on any atom is -0.466 e. The summed E-state index contributed by atoms with van der Waals surface area (Å²) in [5, 5.41) is 0. The molecule has 24 heavy (non-hydrogen) atoms. The largest absolute Gasteiger partial charge is 0.466 e. The van der Waals surface area contributed by atoms with E-state index in [4.69, 9.17) is 9.47 Å². The third-order valence-corrected chi connectivity index (χ3v) is 6.34. The van der Waals surface area contributed by atoms with Gasteiger partial charge in [-0.1, -0.05) is 0 Å². The summed E-state index contributed by atoms with van der Waals surface area (Å²) >= 11 is 0. The van der Waals surface area contributed by atoms with Gasteiger partial charge in [0.1, 0.15) is 15.4 Å². The van der Waals surface area contributed by atoms with Crippen LogP contribution in [0.25, 0.3) is 0 Å². The SMILES string of the molecule is CCOC(=O)C1CN(C(=O)OC(C)(C)C)CC12CCS(=O)(=O)CC2. The Kier molecular flexibility index (Phi) is 5.18. The second-order valence-electron chi connectivity index (χ2n) is 7.68. The molecule has 2 saturated heterocycles. The Hall–Kier alpha value is -1.31. The number of hydrogen-bond acceptors (Lipinski definition) is 6. The summed E-state index contributed by atoms with van der Waals surface area (Å²) in [6.45, 7) is 7.90. The summed E-state index contributed by atoms with van der Waals surface area (Å²) in [6, 6.07) is 0. The van der Waals surface area contributed by atoms with Gasteiger partial charge >= 0.3 is 12.1 Å². The van der Waals surface area contributed by atoms with E-state index in [1.165, 1.54) is 4.90 Å². The van der Waals surface area contributed by atoms with Crippen LogP contribution in [-0.2, 0) is 24.1 Å². The van der Waals surface area contributed by atoms with Crippen molar-refractivity contribution in [3.8, 4) is 0 Å². The molecule has 2 aliphatic rings. The van der Waals surface area contributed by atoms with E-state index in [9.17, 15) is 18.0 Å². The smallest absolute Gasteiger partial charge is 0.410 e. The minimum atomic E-state index is -3.06. The molecule has 138 valence electrons. The molecule has 2 aliphatic heterocycles. The molecule has 0 bridgehead atoms. The summed E-state index contributed by atoms with van der Waals surface area (Å²) in [7, 11) is -3.06. The van der Waals surface area contributed by atoms with Crippen LogP contribution >= 0.6 is 0 Å². The Morgan fingerprint density at radius 1 is 1.21 bits per heavy atom. The number of likely N-dealkylation sites (tertiary alicyclic amines) is 1. The van der Waals surface area contributed by atoms with Crippen LogP contribution in [0, 0.1) is 11.3 Å². The highest BCUT2D eigenvalue weighted by Gasteiger charge is 2.54. The summed E-state index contributed by atoms with van der Waals surface area (Å²) in [6.07, 6.45) is 0.276. The zero-order chi connectivity index (χ0) is 18.2. The Morgan fingerprint density at radius 3 is 2.29 bits per heavy atom. The van der Waals surface area contributed by atoms with Crippen molar-refractivity contribution in [3.63, 3.8) is 0 Å². The van der Waals surface area contributed by atoms with Gasteiger partial charge in [0.05, 0.1) is 24.0 Å². The van der Waals surface area contributed by atoms with E-state index >= 15 is 0 Å². The van der Waals surface area contributed by atoms with Gasteiger partial charge in [0, 0.05) is 18.5 Å². The molecule has 1 amide bonds. The van der Waals surface area contributed by atoms with E-state index in [2.05, 4.69) is 0 Å². The van der Waals surface area contributed by atoms with Gasteiger partial charge in [-0.15, -0.1) is 0 Å². The van der Waals surface area contributed by atoms with Crippen molar-refractivity contribution in [2.24, 2.45) is 11.3 Å². The van der Waals surface area contributed by atoms with Crippen LogP contribution in [-0.4, -0.2) is 62.2 Å². The number of rotatable bonds is 2. The van der Waals surface area contributed by atoms with Crippen molar-refractivity contribution in [1.82, 2.24) is 4.90 Å². The molecule has 7 nitrogen and oxygen atoms in total. The van der Waals surface area contributed by atoms with Crippen molar-refractivity contribution in [2.75, 3.05) is 31.2 Å². The molecule has 1 unspecified atom stereocenters. The standard InChI is InChI=1S/C16H27NO6S/c1-5-22-13(18)12-10-17(14(19)23-15(2,3)4)11-16(12)6-8-24(20,21)9-7-16/h12H,5-11H2,1-4H3. The first-order valence-electron chi connectivity index (χ1n) is 8.33. The lowest BCUT2D eigenvalue weighted by molar-refractivity contribution is -0.151. The molecule has 1 atom stereocenters. The second kappa shape index (κ2) is 6.54. The number of amides is 1. The quantitative estimate of drug-likeness (QED) is 0.694. The second-order valence-corrected chi connectivity index (χ2v) is 9.98. The van der Waals surface area contributed by atoms with Gasteiger partial charge in [0.25, 0.3) is 0 Å². The van der Waals surface area contributed by atoms with Gasteiger partial charge in [-0.3, -0.25) is 4.79 Å². The lowest BCUT2D eigenvalue weighted by Crippen LogP contribution is -2.43. The van der Waals surface area contributed by atoms with E-state index in [1.54, 1.807) is 27.7 Å². The van der Waals surface area contributed by atoms with Crippen molar-refractivity contribution >= 4 is 21.9 Å². The van der Waals surface area contributed by atoms with Crippen LogP contribution in [0.1, 0.15) is 40.5 Å². The molecule has 0 aromatic heterocycles. The first-order valence-corrected chi connectivity index (χ1v) is 10.2. The maximum atomic E-state index is 12.4. The average Bonchev–Trinajstić information content (AvgIpc) is 2.81. The zero-order valence-electron chi connectivity index (χ0n) is 14.8. The highest BCUT2D eigenvalue weighted by atomic mass is 32.2. The molecule has 0 aliphatic carbocycles. The molecule has 8 heteroatoms. The molecule has 2 heterocycles. The van der Waals surface area contributed by atoms with Crippen LogP contribution in [0.15, 0.2) is 0 Å². The van der Waals surface area contributed by atoms with Gasteiger partial charge in [0.15, 0.2) is 0 Å². The Labute approximate surface area is 143 Å². The van der Waals surface area contributed by atoms with E-state index in [-0.39, 0.29) is 30.6 Å². The summed E-state index contributed by atoms with van der Waals surface area (Å²) < 4.78 is 34.1. The van der Waals surface area contributed by atoms with Gasteiger partial charge in [-0.25, -0.2) is 13.2 Å². The number of nitrogens with zero attached hydrogens (tertiary/aromatic N) is 1. The molecule has 2 rings (SSSR count). The molecular formula is C16H27NO6S. The minimum absolute atomic E-state index is 0.0467. The predicted molar refractivity (Wildman–Crippen MR) is 88.3 cm³/mol. The normalized spacial score (nSPS) is 25.5. The number of carbonyl (C=O) groups excluding carboxylic acids is 2. The van der Waals surface area contributed by atoms with Crippen LogP contribution in [0.4, 0.5) is 4.79 Å². The summed E-state index contributed by atoms with van der Waals surface area (Å²) in [5.74, 6) is -0.765. The first kappa shape index (κ1) is 19.0. The van der Waals surface area contributed by atoms with Gasteiger partial charge in [-0.05, 0) is 40.5 Å². The average molecular weight is 361 g/mol. The Balaban J connectivity index is 2.20. The zero-order valence-corrected chi connectivity index (χ0v) is 15.6. The topological polar surface area (TPSA) is 90.0 Å². The van der Waals surface area contributed by atoms with E-state index in [1.807, 2.05) is 0 Å². The number of sulfone groups is 1. The predicted octanol–water partition coefficient (Wildman–Crippen LogP) is 1.61. The molecule has 2 fully saturated rings. The Morgan fingerprint density at radius 2 is 1.79 bits per heavy atom. The van der Waals surface area contributed by atoms with Gasteiger partial charge < -0.3 is 14.4 Å². The molecule has 0 N–H and O–H groups in total. The molecule has 0 aromatic rings. The lowest BCUT2D eigenvalue weighted by Gasteiger charge is -2.36. The van der Waals surface area contributed by atoms with Gasteiger partial charge in [0.2, 0.25) is 0 Å². The fourth-order valence-corrected chi connectivity index (χ4v) is 5.09. The fourth-order valence-electron chi connectivity index (χ4n) is 3.45.